The summed E-state index contributed by atoms with van der Waals surface area (Å²) in [5.41, 5.74) is 2.11. The third-order valence-electron chi connectivity index (χ3n) is 4.36. The van der Waals surface area contributed by atoms with Gasteiger partial charge in [0.05, 0.1) is 0 Å². The molecule has 0 aromatic carbocycles. The maximum atomic E-state index is 4.49. The SMILES string of the molecule is Cc1ccc2nc(NCCC3CCCC(C)C3)nn2c1. The standard InChI is InChI=1S/C16H24N4/c1-12-4-3-5-14(10-12)8-9-17-16-18-15-7-6-13(2)11-20(15)19-16/h6-7,11-12,14H,3-5,8-10H2,1-2H3,(H,17,19). The van der Waals surface area contributed by atoms with Crippen molar-refractivity contribution in [2.24, 2.45) is 11.8 Å². The van der Waals surface area contributed by atoms with Crippen LogP contribution in [0.4, 0.5) is 5.95 Å². The Hall–Kier alpha value is -1.58. The van der Waals surface area contributed by atoms with Gasteiger partial charge in [-0.1, -0.05) is 32.3 Å². The Labute approximate surface area is 120 Å². The zero-order valence-electron chi connectivity index (χ0n) is 12.5. The van der Waals surface area contributed by atoms with Gasteiger partial charge >= 0.3 is 0 Å². The summed E-state index contributed by atoms with van der Waals surface area (Å²) in [6, 6.07) is 4.08. The van der Waals surface area contributed by atoms with Crippen LogP contribution in [0.3, 0.4) is 0 Å². The summed E-state index contributed by atoms with van der Waals surface area (Å²) < 4.78 is 1.85. The second-order valence-electron chi connectivity index (χ2n) is 6.30. The number of rotatable bonds is 4. The van der Waals surface area contributed by atoms with E-state index in [1.807, 2.05) is 16.8 Å². The molecule has 0 radical (unpaired) electrons. The summed E-state index contributed by atoms with van der Waals surface area (Å²) in [4.78, 5) is 4.49. The zero-order chi connectivity index (χ0) is 13.9. The highest BCUT2D eigenvalue weighted by atomic mass is 15.3. The molecule has 2 aromatic rings. The van der Waals surface area contributed by atoms with Crippen molar-refractivity contribution in [1.82, 2.24) is 14.6 Å². The van der Waals surface area contributed by atoms with Gasteiger partial charge in [-0.2, -0.15) is 4.98 Å². The van der Waals surface area contributed by atoms with Crippen molar-refractivity contribution >= 4 is 11.6 Å². The third-order valence-corrected chi connectivity index (χ3v) is 4.36. The molecule has 2 unspecified atom stereocenters. The van der Waals surface area contributed by atoms with Gasteiger partial charge in [0.2, 0.25) is 5.95 Å². The van der Waals surface area contributed by atoms with Crippen LogP contribution in [0.5, 0.6) is 0 Å². The summed E-state index contributed by atoms with van der Waals surface area (Å²) in [5.74, 6) is 2.54. The van der Waals surface area contributed by atoms with Gasteiger partial charge in [-0.3, -0.25) is 0 Å². The highest BCUT2D eigenvalue weighted by Crippen LogP contribution is 2.30. The molecule has 0 bridgehead atoms. The Bertz CT molecular complexity index is 575. The van der Waals surface area contributed by atoms with E-state index in [4.69, 9.17) is 0 Å². The Morgan fingerprint density at radius 1 is 1.35 bits per heavy atom. The lowest BCUT2D eigenvalue weighted by molar-refractivity contribution is 0.274. The quantitative estimate of drug-likeness (QED) is 0.923. The van der Waals surface area contributed by atoms with Gasteiger partial charge in [0.25, 0.3) is 0 Å². The van der Waals surface area contributed by atoms with E-state index >= 15 is 0 Å². The third kappa shape index (κ3) is 3.11. The first-order valence-corrected chi connectivity index (χ1v) is 7.77. The number of aromatic nitrogens is 3. The molecule has 2 atom stereocenters. The molecule has 1 N–H and O–H groups in total. The average Bonchev–Trinajstić information content (AvgIpc) is 2.80. The minimum Gasteiger partial charge on any atom is -0.353 e. The molecule has 1 fully saturated rings. The van der Waals surface area contributed by atoms with E-state index in [9.17, 15) is 0 Å². The van der Waals surface area contributed by atoms with Crippen molar-refractivity contribution in [3.63, 3.8) is 0 Å². The van der Waals surface area contributed by atoms with Crippen molar-refractivity contribution in [2.45, 2.75) is 46.0 Å². The molecule has 3 rings (SSSR count). The van der Waals surface area contributed by atoms with Gasteiger partial charge in [0.1, 0.15) is 0 Å². The van der Waals surface area contributed by atoms with E-state index in [-0.39, 0.29) is 0 Å². The summed E-state index contributed by atoms with van der Waals surface area (Å²) in [6.07, 6.45) is 8.84. The molecule has 20 heavy (non-hydrogen) atoms. The molecule has 1 aliphatic carbocycles. The minimum absolute atomic E-state index is 0.749. The fourth-order valence-electron chi connectivity index (χ4n) is 3.27. The number of fused-ring (bicyclic) bond motifs is 1. The maximum Gasteiger partial charge on any atom is 0.243 e. The number of nitrogens with one attached hydrogen (secondary N) is 1. The molecule has 2 aromatic heterocycles. The van der Waals surface area contributed by atoms with Crippen molar-refractivity contribution in [3.8, 4) is 0 Å². The number of aryl methyl sites for hydroxylation is 1. The van der Waals surface area contributed by atoms with Crippen molar-refractivity contribution in [2.75, 3.05) is 11.9 Å². The second-order valence-corrected chi connectivity index (χ2v) is 6.30. The van der Waals surface area contributed by atoms with Crippen LogP contribution >= 0.6 is 0 Å². The smallest absolute Gasteiger partial charge is 0.243 e. The van der Waals surface area contributed by atoms with Crippen LogP contribution in [0.2, 0.25) is 0 Å². The van der Waals surface area contributed by atoms with Crippen LogP contribution in [-0.2, 0) is 0 Å². The molecule has 1 saturated carbocycles. The van der Waals surface area contributed by atoms with Gasteiger partial charge in [-0.05, 0) is 43.2 Å². The predicted octanol–water partition coefficient (Wildman–Crippen LogP) is 3.67. The molecular weight excluding hydrogens is 248 g/mol. The van der Waals surface area contributed by atoms with Crippen molar-refractivity contribution < 1.29 is 0 Å². The lowest BCUT2D eigenvalue weighted by atomic mass is 9.81. The lowest BCUT2D eigenvalue weighted by Crippen LogP contribution is -2.16. The van der Waals surface area contributed by atoms with E-state index in [0.29, 0.717) is 0 Å². The molecular formula is C16H24N4. The molecule has 0 amide bonds. The van der Waals surface area contributed by atoms with E-state index in [1.54, 1.807) is 0 Å². The zero-order valence-corrected chi connectivity index (χ0v) is 12.5. The van der Waals surface area contributed by atoms with Gasteiger partial charge in [-0.15, -0.1) is 5.10 Å². The van der Waals surface area contributed by atoms with Crippen LogP contribution in [0.15, 0.2) is 18.3 Å². The highest BCUT2D eigenvalue weighted by molar-refractivity contribution is 5.43. The fraction of sp³-hybridized carbons (Fsp3) is 0.625. The van der Waals surface area contributed by atoms with E-state index in [2.05, 4.69) is 35.3 Å². The predicted molar refractivity (Wildman–Crippen MR) is 82.0 cm³/mol. The molecule has 0 spiro atoms. The molecule has 0 saturated heterocycles. The number of pyridine rings is 1. The topological polar surface area (TPSA) is 42.2 Å². The normalized spacial score (nSPS) is 23.1. The van der Waals surface area contributed by atoms with Gasteiger partial charge in [0, 0.05) is 12.7 Å². The van der Waals surface area contributed by atoms with Crippen LogP contribution in [0.1, 0.15) is 44.6 Å². The van der Waals surface area contributed by atoms with Gasteiger partial charge in [0.15, 0.2) is 5.65 Å². The summed E-state index contributed by atoms with van der Waals surface area (Å²) in [5, 5.41) is 7.84. The molecule has 4 heteroatoms. The van der Waals surface area contributed by atoms with Crippen LogP contribution in [0, 0.1) is 18.8 Å². The first-order chi connectivity index (χ1) is 9.70. The summed E-state index contributed by atoms with van der Waals surface area (Å²) in [7, 11) is 0. The highest BCUT2D eigenvalue weighted by Gasteiger charge is 2.18. The summed E-state index contributed by atoms with van der Waals surface area (Å²) >= 11 is 0. The minimum atomic E-state index is 0.749. The Morgan fingerprint density at radius 3 is 3.10 bits per heavy atom. The number of hydrogen-bond acceptors (Lipinski definition) is 3. The van der Waals surface area contributed by atoms with Gasteiger partial charge in [-0.25, -0.2) is 4.52 Å². The Balaban J connectivity index is 1.54. The van der Waals surface area contributed by atoms with Crippen LogP contribution in [0.25, 0.3) is 5.65 Å². The molecule has 1 aliphatic rings. The first kappa shape index (κ1) is 13.4. The fourth-order valence-corrected chi connectivity index (χ4v) is 3.27. The lowest BCUT2D eigenvalue weighted by Gasteiger charge is -2.26. The molecule has 108 valence electrons. The number of anilines is 1. The van der Waals surface area contributed by atoms with Crippen molar-refractivity contribution in [1.29, 1.82) is 0 Å². The van der Waals surface area contributed by atoms with Crippen LogP contribution < -0.4 is 5.32 Å². The molecule has 4 nitrogen and oxygen atoms in total. The second kappa shape index (κ2) is 5.81. The number of hydrogen-bond donors (Lipinski definition) is 1. The molecule has 2 heterocycles. The Kier molecular flexibility index (Phi) is 3.90. The largest absolute Gasteiger partial charge is 0.353 e. The van der Waals surface area contributed by atoms with Crippen molar-refractivity contribution in [3.05, 3.63) is 23.9 Å². The monoisotopic (exact) mass is 272 g/mol. The number of nitrogens with zero attached hydrogens (tertiary/aromatic N) is 3. The maximum absolute atomic E-state index is 4.49. The van der Waals surface area contributed by atoms with Gasteiger partial charge < -0.3 is 5.32 Å². The van der Waals surface area contributed by atoms with E-state index < -0.39 is 0 Å². The first-order valence-electron chi connectivity index (χ1n) is 7.77. The molecule has 0 aliphatic heterocycles. The van der Waals surface area contributed by atoms with E-state index in [1.165, 1.54) is 37.7 Å². The Morgan fingerprint density at radius 2 is 2.25 bits per heavy atom. The summed E-state index contributed by atoms with van der Waals surface area (Å²) in [6.45, 7) is 5.43. The average molecular weight is 272 g/mol. The van der Waals surface area contributed by atoms with Crippen LogP contribution in [-0.4, -0.2) is 21.1 Å². The van der Waals surface area contributed by atoms with E-state index in [0.717, 1.165) is 30.0 Å².